The van der Waals surface area contributed by atoms with Gasteiger partial charge in [0, 0.05) is 40.4 Å². The monoisotopic (exact) mass is 656 g/mol. The maximum absolute atomic E-state index is 10.5. The minimum absolute atomic E-state index is 0.190. The topological polar surface area (TPSA) is 109 Å². The lowest BCUT2D eigenvalue weighted by molar-refractivity contribution is 0.330. The van der Waals surface area contributed by atoms with Crippen molar-refractivity contribution in [3.05, 3.63) is 146 Å². The van der Waals surface area contributed by atoms with Crippen LogP contribution in [-0.4, -0.2) is 37.1 Å². The van der Waals surface area contributed by atoms with Gasteiger partial charge in [-0.25, -0.2) is 0 Å². The molecule has 0 aliphatic carbocycles. The molecule has 50 heavy (non-hydrogen) atoms. The first-order valence-corrected chi connectivity index (χ1v) is 16.1. The highest BCUT2D eigenvalue weighted by atomic mass is 16.4. The van der Waals surface area contributed by atoms with E-state index in [1.165, 1.54) is 5.56 Å². The van der Waals surface area contributed by atoms with Crippen LogP contribution in [0.25, 0.3) is 60.9 Å². The zero-order chi connectivity index (χ0) is 34.5. The van der Waals surface area contributed by atoms with Gasteiger partial charge in [-0.2, -0.15) is 0 Å². The van der Waals surface area contributed by atoms with Crippen LogP contribution in [0.15, 0.2) is 146 Å². The molecule has 0 bridgehead atoms. The predicted molar refractivity (Wildman–Crippen MR) is 200 cm³/mol. The molecule has 5 N–H and O–H groups in total. The van der Waals surface area contributed by atoms with Crippen LogP contribution in [0.5, 0.6) is 28.7 Å². The summed E-state index contributed by atoms with van der Waals surface area (Å²) in [6.07, 6.45) is 0. The third-order valence-electron chi connectivity index (χ3n) is 9.40. The van der Waals surface area contributed by atoms with E-state index in [1.807, 2.05) is 54.6 Å². The highest BCUT2D eigenvalue weighted by molar-refractivity contribution is 6.10. The lowest BCUT2D eigenvalue weighted by Crippen LogP contribution is -2.10. The van der Waals surface area contributed by atoms with E-state index in [0.717, 1.165) is 55.6 Å². The number of phenols is 5. The number of rotatable bonds is 6. The van der Waals surface area contributed by atoms with Crippen LogP contribution >= 0.6 is 0 Å². The number of aromatic nitrogens is 1. The molecule has 1 aromatic heterocycles. The smallest absolute Gasteiger partial charge is 0.208 e. The largest absolute Gasteiger partial charge is 0.504 e. The Hall–Kier alpha value is -6.86. The minimum atomic E-state index is -0.991. The molecule has 0 aliphatic heterocycles. The van der Waals surface area contributed by atoms with E-state index < -0.39 is 28.7 Å². The highest BCUT2D eigenvalue weighted by Gasteiger charge is 2.24. The van der Waals surface area contributed by atoms with Crippen molar-refractivity contribution in [1.82, 2.24) is 4.57 Å². The zero-order valence-electron chi connectivity index (χ0n) is 27.0. The molecule has 0 aliphatic rings. The molecule has 0 saturated carbocycles. The molecule has 8 rings (SSSR count). The summed E-state index contributed by atoms with van der Waals surface area (Å²) in [5, 5.41) is 53.3. The van der Waals surface area contributed by atoms with Gasteiger partial charge in [0.15, 0.2) is 11.5 Å². The van der Waals surface area contributed by atoms with Crippen molar-refractivity contribution in [3.8, 4) is 67.8 Å². The molecule has 7 nitrogen and oxygen atoms in total. The summed E-state index contributed by atoms with van der Waals surface area (Å²) in [6, 6.07) is 49.0. The van der Waals surface area contributed by atoms with Crippen LogP contribution in [0.4, 0.5) is 11.4 Å². The van der Waals surface area contributed by atoms with Gasteiger partial charge in [0.25, 0.3) is 0 Å². The predicted octanol–water partition coefficient (Wildman–Crippen LogP) is 10.1. The fraction of sp³-hybridized carbons (Fsp3) is 0.0233. The molecule has 0 atom stereocenters. The van der Waals surface area contributed by atoms with E-state index in [1.54, 1.807) is 12.1 Å². The van der Waals surface area contributed by atoms with Crippen LogP contribution in [0, 0.1) is 0 Å². The van der Waals surface area contributed by atoms with E-state index in [2.05, 4.69) is 95.4 Å². The van der Waals surface area contributed by atoms with Crippen molar-refractivity contribution in [3.63, 3.8) is 0 Å². The Morgan fingerprint density at radius 3 is 1.70 bits per heavy atom. The van der Waals surface area contributed by atoms with Crippen LogP contribution in [0.3, 0.4) is 0 Å². The zero-order valence-corrected chi connectivity index (χ0v) is 27.0. The normalized spacial score (nSPS) is 11.3. The van der Waals surface area contributed by atoms with Gasteiger partial charge in [-0.15, -0.1) is 0 Å². The van der Waals surface area contributed by atoms with E-state index >= 15 is 0 Å². The summed E-state index contributed by atoms with van der Waals surface area (Å²) in [6.45, 7) is 0. The Morgan fingerprint density at radius 2 is 0.980 bits per heavy atom. The molecule has 0 radical (unpaired) electrons. The second kappa shape index (κ2) is 12.0. The first-order valence-electron chi connectivity index (χ1n) is 16.1. The van der Waals surface area contributed by atoms with Crippen molar-refractivity contribution >= 4 is 33.2 Å². The van der Waals surface area contributed by atoms with Gasteiger partial charge in [-0.3, -0.25) is 0 Å². The number of nitrogens with zero attached hydrogens (tertiary/aromatic N) is 2. The summed E-state index contributed by atoms with van der Waals surface area (Å²) in [4.78, 5) is 2.20. The van der Waals surface area contributed by atoms with E-state index in [0.29, 0.717) is 5.56 Å². The van der Waals surface area contributed by atoms with E-state index in [9.17, 15) is 25.5 Å². The van der Waals surface area contributed by atoms with Crippen molar-refractivity contribution in [1.29, 1.82) is 0 Å². The fourth-order valence-corrected chi connectivity index (χ4v) is 6.81. The van der Waals surface area contributed by atoms with Gasteiger partial charge < -0.3 is 35.0 Å². The van der Waals surface area contributed by atoms with E-state index in [4.69, 9.17) is 0 Å². The van der Waals surface area contributed by atoms with Gasteiger partial charge in [-0.1, -0.05) is 103 Å². The summed E-state index contributed by atoms with van der Waals surface area (Å²) in [7, 11) is 2.08. The first-order chi connectivity index (χ1) is 24.3. The molecule has 244 valence electrons. The Labute approximate surface area is 288 Å². The fourth-order valence-electron chi connectivity index (χ4n) is 6.81. The number of phenolic OH excluding ortho intramolecular Hbond substituents is 5. The van der Waals surface area contributed by atoms with E-state index in [-0.39, 0.29) is 5.56 Å². The molecule has 8 aromatic rings. The standard InChI is InChI=1S/C43H32N2O5/c1-44(30-20-15-27(16-21-30)26-9-3-2-4-10-26)35-13-7-5-11-32(35)29-19-24-34-33-12-6-8-14-36(33)45(37(34)25-29)31-22-17-28(18-23-31)38-39(46)41(48)43(50)42(49)40(38)47/h2-25,46-50H,1H3. The molecule has 0 fully saturated rings. The summed E-state index contributed by atoms with van der Waals surface area (Å²) < 4.78 is 2.16. The summed E-state index contributed by atoms with van der Waals surface area (Å²) >= 11 is 0. The van der Waals surface area contributed by atoms with Crippen molar-refractivity contribution in [2.24, 2.45) is 0 Å². The van der Waals surface area contributed by atoms with Gasteiger partial charge >= 0.3 is 0 Å². The highest BCUT2D eigenvalue weighted by Crippen LogP contribution is 2.54. The molecule has 1 heterocycles. The van der Waals surface area contributed by atoms with Crippen molar-refractivity contribution in [2.75, 3.05) is 11.9 Å². The number of para-hydroxylation sites is 2. The number of aromatic hydroxyl groups is 5. The SMILES string of the molecule is CN(c1ccc(-c2ccccc2)cc1)c1ccccc1-c1ccc2c3ccccc3n(-c3ccc(-c4c(O)c(O)c(O)c(O)c4O)cc3)c2c1. The maximum Gasteiger partial charge on any atom is 0.208 e. The van der Waals surface area contributed by atoms with Crippen molar-refractivity contribution < 1.29 is 25.5 Å². The van der Waals surface area contributed by atoms with Crippen LogP contribution < -0.4 is 4.90 Å². The molecule has 0 saturated heterocycles. The van der Waals surface area contributed by atoms with Crippen LogP contribution in [0.1, 0.15) is 0 Å². The second-order valence-corrected chi connectivity index (χ2v) is 12.2. The molecule has 0 amide bonds. The lowest BCUT2D eigenvalue weighted by atomic mass is 10.00. The Kier molecular flexibility index (Phi) is 7.30. The summed E-state index contributed by atoms with van der Waals surface area (Å²) in [5.74, 6) is -4.28. The average molecular weight is 657 g/mol. The Morgan fingerprint density at radius 1 is 0.440 bits per heavy atom. The molecule has 0 unspecified atom stereocenters. The van der Waals surface area contributed by atoms with Gasteiger partial charge in [-0.05, 0) is 64.7 Å². The Balaban J connectivity index is 1.22. The van der Waals surface area contributed by atoms with Gasteiger partial charge in [0.2, 0.25) is 17.2 Å². The quantitative estimate of drug-likeness (QED) is 0.0900. The van der Waals surface area contributed by atoms with Gasteiger partial charge in [0.05, 0.1) is 16.6 Å². The second-order valence-electron chi connectivity index (χ2n) is 12.2. The number of benzene rings is 7. The number of hydrogen-bond donors (Lipinski definition) is 5. The average Bonchev–Trinajstić information content (AvgIpc) is 3.50. The molecular weight excluding hydrogens is 624 g/mol. The first kappa shape index (κ1) is 30.5. The molecule has 7 aromatic carbocycles. The Bertz CT molecular complexity index is 2510. The van der Waals surface area contributed by atoms with Crippen molar-refractivity contribution in [2.45, 2.75) is 0 Å². The minimum Gasteiger partial charge on any atom is -0.504 e. The third kappa shape index (κ3) is 4.91. The summed E-state index contributed by atoms with van der Waals surface area (Å²) in [5.41, 5.74) is 9.56. The van der Waals surface area contributed by atoms with Crippen LogP contribution in [-0.2, 0) is 0 Å². The molecule has 7 heteroatoms. The maximum atomic E-state index is 10.5. The van der Waals surface area contributed by atoms with Crippen LogP contribution in [0.2, 0.25) is 0 Å². The molecular formula is C43H32N2O5. The lowest BCUT2D eigenvalue weighted by Gasteiger charge is -2.23. The number of anilines is 2. The molecule has 0 spiro atoms. The number of hydrogen-bond acceptors (Lipinski definition) is 6. The third-order valence-corrected chi connectivity index (χ3v) is 9.40. The van der Waals surface area contributed by atoms with Gasteiger partial charge in [0.1, 0.15) is 0 Å². The number of fused-ring (bicyclic) bond motifs is 3.